The van der Waals surface area contributed by atoms with Crippen LogP contribution in [0.15, 0.2) is 36.7 Å². The number of rotatable bonds is 11. The van der Waals surface area contributed by atoms with E-state index in [1.54, 1.807) is 30.4 Å². The van der Waals surface area contributed by atoms with E-state index < -0.39 is 0 Å². The van der Waals surface area contributed by atoms with Gasteiger partial charge in [0.25, 0.3) is 0 Å². The van der Waals surface area contributed by atoms with Gasteiger partial charge in [0.05, 0.1) is 30.9 Å². The van der Waals surface area contributed by atoms with Crippen LogP contribution in [-0.2, 0) is 22.7 Å². The van der Waals surface area contributed by atoms with Gasteiger partial charge in [-0.25, -0.2) is 4.98 Å². The van der Waals surface area contributed by atoms with Crippen LogP contribution in [0.2, 0.25) is 0 Å². The zero-order chi connectivity index (χ0) is 16.4. The van der Waals surface area contributed by atoms with E-state index in [4.69, 9.17) is 4.74 Å². The third-order valence-electron chi connectivity index (χ3n) is 2.96. The largest absolute Gasteiger partial charge is 0.390 e. The summed E-state index contributed by atoms with van der Waals surface area (Å²) in [5.41, 5.74) is 0.709. The molecular weight excluding hydrogens is 302 g/mol. The first kappa shape index (κ1) is 18.5. The van der Waals surface area contributed by atoms with Gasteiger partial charge in [-0.1, -0.05) is 23.9 Å². The quantitative estimate of drug-likeness (QED) is 0.491. The van der Waals surface area contributed by atoms with Crippen molar-refractivity contribution >= 4 is 17.7 Å². The number of aliphatic hydroxyl groups is 1. The molecule has 1 amide bonds. The van der Waals surface area contributed by atoms with Crippen LogP contribution in [0.5, 0.6) is 0 Å². The number of carbonyl (C=O) groups is 1. The minimum Gasteiger partial charge on any atom is -0.390 e. The Morgan fingerprint density at radius 3 is 2.73 bits per heavy atom. The third kappa shape index (κ3) is 5.32. The van der Waals surface area contributed by atoms with E-state index in [1.165, 1.54) is 11.8 Å². The number of aliphatic hydroxyl groups excluding tert-OH is 1. The SMILES string of the molecule is C=CCN(CC=C)C(=O)CSc1ncc(CO)n1CCOC. The molecule has 0 bridgehead atoms. The molecule has 1 aromatic rings. The maximum atomic E-state index is 12.2. The van der Waals surface area contributed by atoms with Crippen LogP contribution in [0.4, 0.5) is 0 Å². The van der Waals surface area contributed by atoms with Gasteiger partial charge in [0.2, 0.25) is 5.91 Å². The number of ether oxygens (including phenoxy) is 1. The molecule has 0 unspecified atom stereocenters. The van der Waals surface area contributed by atoms with Crippen molar-refractivity contribution in [1.29, 1.82) is 0 Å². The third-order valence-corrected chi connectivity index (χ3v) is 3.93. The first-order chi connectivity index (χ1) is 10.7. The summed E-state index contributed by atoms with van der Waals surface area (Å²) in [6.45, 7) is 9.30. The number of thioether (sulfide) groups is 1. The van der Waals surface area contributed by atoms with Crippen molar-refractivity contribution < 1.29 is 14.6 Å². The lowest BCUT2D eigenvalue weighted by Crippen LogP contribution is -2.32. The number of aromatic nitrogens is 2. The van der Waals surface area contributed by atoms with Gasteiger partial charge in [-0.15, -0.1) is 13.2 Å². The Morgan fingerprint density at radius 2 is 2.18 bits per heavy atom. The fraction of sp³-hybridized carbons (Fsp3) is 0.467. The zero-order valence-corrected chi connectivity index (χ0v) is 13.7. The summed E-state index contributed by atoms with van der Waals surface area (Å²) in [6.07, 6.45) is 5.00. The molecule has 7 heteroatoms. The van der Waals surface area contributed by atoms with Gasteiger partial charge in [-0.2, -0.15) is 0 Å². The summed E-state index contributed by atoms with van der Waals surface area (Å²) in [7, 11) is 1.62. The summed E-state index contributed by atoms with van der Waals surface area (Å²) in [4.78, 5) is 18.1. The second-order valence-corrected chi connectivity index (χ2v) is 5.44. The summed E-state index contributed by atoms with van der Waals surface area (Å²) in [5, 5.41) is 10.0. The lowest BCUT2D eigenvalue weighted by Gasteiger charge is -2.19. The van der Waals surface area contributed by atoms with Crippen LogP contribution in [0.3, 0.4) is 0 Å². The smallest absolute Gasteiger partial charge is 0.233 e. The van der Waals surface area contributed by atoms with Gasteiger partial charge in [-0.05, 0) is 0 Å². The molecule has 0 spiro atoms. The highest BCUT2D eigenvalue weighted by atomic mass is 32.2. The van der Waals surface area contributed by atoms with Gasteiger partial charge >= 0.3 is 0 Å². The van der Waals surface area contributed by atoms with E-state index in [9.17, 15) is 9.90 Å². The Balaban J connectivity index is 2.69. The minimum absolute atomic E-state index is 0.00311. The van der Waals surface area contributed by atoms with Crippen molar-refractivity contribution in [3.63, 3.8) is 0 Å². The molecule has 0 aromatic carbocycles. The summed E-state index contributed by atoms with van der Waals surface area (Å²) >= 11 is 1.35. The molecule has 0 radical (unpaired) electrons. The Labute approximate surface area is 135 Å². The molecule has 0 fully saturated rings. The van der Waals surface area contributed by atoms with Crippen LogP contribution in [0, 0.1) is 0 Å². The number of amides is 1. The van der Waals surface area contributed by atoms with Crippen molar-refractivity contribution in [1.82, 2.24) is 14.5 Å². The number of carbonyl (C=O) groups excluding carboxylic acids is 1. The molecule has 1 rings (SSSR count). The van der Waals surface area contributed by atoms with Crippen molar-refractivity contribution in [2.24, 2.45) is 0 Å². The van der Waals surface area contributed by atoms with E-state index in [2.05, 4.69) is 18.1 Å². The van der Waals surface area contributed by atoms with Crippen LogP contribution < -0.4 is 0 Å². The number of hydrogen-bond donors (Lipinski definition) is 1. The molecule has 22 heavy (non-hydrogen) atoms. The van der Waals surface area contributed by atoms with E-state index in [-0.39, 0.29) is 18.3 Å². The van der Waals surface area contributed by atoms with Crippen LogP contribution in [-0.4, -0.2) is 58.0 Å². The molecule has 0 atom stereocenters. The molecule has 122 valence electrons. The molecule has 6 nitrogen and oxygen atoms in total. The molecule has 0 saturated heterocycles. The van der Waals surface area contributed by atoms with E-state index >= 15 is 0 Å². The summed E-state index contributed by atoms with van der Waals surface area (Å²) in [5.74, 6) is 0.271. The second kappa shape index (κ2) is 10.2. The van der Waals surface area contributed by atoms with Gasteiger partial charge in [0.15, 0.2) is 5.16 Å². The number of imidazole rings is 1. The average molecular weight is 325 g/mol. The molecule has 0 saturated carbocycles. The highest BCUT2D eigenvalue weighted by Crippen LogP contribution is 2.19. The van der Waals surface area contributed by atoms with Gasteiger partial charge in [0.1, 0.15) is 0 Å². The second-order valence-electron chi connectivity index (χ2n) is 4.50. The fourth-order valence-electron chi connectivity index (χ4n) is 1.86. The molecule has 1 N–H and O–H groups in total. The molecule has 0 aliphatic rings. The lowest BCUT2D eigenvalue weighted by molar-refractivity contribution is -0.127. The first-order valence-corrected chi connectivity index (χ1v) is 7.93. The molecule has 1 aromatic heterocycles. The molecular formula is C15H23N3O3S. The topological polar surface area (TPSA) is 67.6 Å². The summed E-state index contributed by atoms with van der Waals surface area (Å²) in [6, 6.07) is 0. The maximum absolute atomic E-state index is 12.2. The normalized spacial score (nSPS) is 10.5. The molecule has 0 aliphatic heterocycles. The first-order valence-electron chi connectivity index (χ1n) is 6.94. The molecule has 1 heterocycles. The van der Waals surface area contributed by atoms with Gasteiger partial charge < -0.3 is 19.3 Å². The highest BCUT2D eigenvalue weighted by molar-refractivity contribution is 7.99. The Kier molecular flexibility index (Phi) is 8.57. The Bertz CT molecular complexity index is 492. The predicted octanol–water partition coefficient (Wildman–Crippen LogP) is 1.31. The zero-order valence-electron chi connectivity index (χ0n) is 12.9. The van der Waals surface area contributed by atoms with E-state index in [0.717, 1.165) is 0 Å². The fourth-order valence-corrected chi connectivity index (χ4v) is 2.79. The predicted molar refractivity (Wildman–Crippen MR) is 87.7 cm³/mol. The molecule has 0 aliphatic carbocycles. The number of methoxy groups -OCH3 is 1. The van der Waals surface area contributed by atoms with Gasteiger partial charge in [0, 0.05) is 26.7 Å². The van der Waals surface area contributed by atoms with Gasteiger partial charge in [-0.3, -0.25) is 4.79 Å². The van der Waals surface area contributed by atoms with E-state index in [1.807, 2.05) is 4.57 Å². The lowest BCUT2D eigenvalue weighted by atomic mass is 10.4. The monoisotopic (exact) mass is 325 g/mol. The standard InChI is InChI=1S/C15H23N3O3S/c1-4-6-17(7-5-2)14(20)12-22-15-16-10-13(11-19)18(15)8-9-21-3/h4-5,10,19H,1-2,6-9,11-12H2,3H3. The maximum Gasteiger partial charge on any atom is 0.233 e. The van der Waals surface area contributed by atoms with Crippen LogP contribution in [0.1, 0.15) is 5.69 Å². The Morgan fingerprint density at radius 1 is 1.50 bits per heavy atom. The number of nitrogens with zero attached hydrogens (tertiary/aromatic N) is 3. The van der Waals surface area contributed by atoms with Crippen molar-refractivity contribution in [2.75, 3.05) is 32.6 Å². The average Bonchev–Trinajstić information content (AvgIpc) is 2.92. The minimum atomic E-state index is -0.0930. The summed E-state index contributed by atoms with van der Waals surface area (Å²) < 4.78 is 6.93. The van der Waals surface area contributed by atoms with Crippen LogP contribution in [0.25, 0.3) is 0 Å². The van der Waals surface area contributed by atoms with Crippen molar-refractivity contribution in [2.45, 2.75) is 18.3 Å². The number of hydrogen-bond acceptors (Lipinski definition) is 5. The van der Waals surface area contributed by atoms with Crippen LogP contribution >= 0.6 is 11.8 Å². The Hall–Kier alpha value is -1.57. The van der Waals surface area contributed by atoms with Crippen molar-refractivity contribution in [3.05, 3.63) is 37.2 Å². The highest BCUT2D eigenvalue weighted by Gasteiger charge is 2.15. The van der Waals surface area contributed by atoms with Crippen molar-refractivity contribution in [3.8, 4) is 0 Å². The van der Waals surface area contributed by atoms with E-state index in [0.29, 0.717) is 37.1 Å².